The Bertz CT molecular complexity index is 734. The summed E-state index contributed by atoms with van der Waals surface area (Å²) >= 11 is 0. The molecule has 0 bridgehead atoms. The normalized spacial score (nSPS) is 12.4. The molecule has 100 valence electrons. The molecular formula is C16H14N2O2. The number of para-hydroxylation sites is 1. The van der Waals surface area contributed by atoms with Crippen LogP contribution >= 0.6 is 0 Å². The molecule has 0 fully saturated rings. The Labute approximate surface area is 116 Å². The highest BCUT2D eigenvalue weighted by Crippen LogP contribution is 2.26. The lowest BCUT2D eigenvalue weighted by Gasteiger charge is -2.09. The van der Waals surface area contributed by atoms with E-state index < -0.39 is 6.04 Å². The van der Waals surface area contributed by atoms with Gasteiger partial charge in [-0.15, -0.1) is 0 Å². The van der Waals surface area contributed by atoms with Gasteiger partial charge in [0.2, 0.25) is 6.04 Å². The number of rotatable bonds is 4. The number of H-pyrrole nitrogens is 1. The van der Waals surface area contributed by atoms with E-state index in [2.05, 4.69) is 4.98 Å². The van der Waals surface area contributed by atoms with Crippen LogP contribution in [0.5, 0.6) is 0 Å². The monoisotopic (exact) mass is 266 g/mol. The van der Waals surface area contributed by atoms with E-state index in [-0.39, 0.29) is 4.92 Å². The fourth-order valence-electron chi connectivity index (χ4n) is 2.50. The van der Waals surface area contributed by atoms with Crippen molar-refractivity contribution >= 4 is 10.9 Å². The zero-order valence-electron chi connectivity index (χ0n) is 10.8. The number of nitro groups is 1. The Balaban J connectivity index is 1.97. The van der Waals surface area contributed by atoms with Gasteiger partial charge in [0.15, 0.2) is 0 Å². The number of hydrogen-bond donors (Lipinski definition) is 1. The van der Waals surface area contributed by atoms with Crippen LogP contribution in [0.2, 0.25) is 0 Å². The molecule has 0 saturated carbocycles. The summed E-state index contributed by atoms with van der Waals surface area (Å²) in [4.78, 5) is 14.3. The van der Waals surface area contributed by atoms with Gasteiger partial charge in [-0.3, -0.25) is 10.1 Å². The summed E-state index contributed by atoms with van der Waals surface area (Å²) in [5, 5.41) is 12.4. The summed E-state index contributed by atoms with van der Waals surface area (Å²) in [6, 6.07) is 16.3. The molecule has 1 N–H and O–H groups in total. The summed E-state index contributed by atoms with van der Waals surface area (Å²) in [6.45, 7) is 0. The predicted octanol–water partition coefficient (Wildman–Crippen LogP) is 3.73. The van der Waals surface area contributed by atoms with Crippen LogP contribution in [-0.2, 0) is 6.42 Å². The first kappa shape index (κ1) is 12.4. The van der Waals surface area contributed by atoms with Crippen LogP contribution in [0.4, 0.5) is 0 Å². The Morgan fingerprint density at radius 3 is 2.50 bits per heavy atom. The third-order valence-electron chi connectivity index (χ3n) is 3.53. The predicted molar refractivity (Wildman–Crippen MR) is 78.2 cm³/mol. The number of nitrogens with zero attached hydrogens (tertiary/aromatic N) is 1. The van der Waals surface area contributed by atoms with Crippen LogP contribution in [0.25, 0.3) is 10.9 Å². The van der Waals surface area contributed by atoms with Crippen LogP contribution in [0, 0.1) is 10.1 Å². The molecule has 4 heteroatoms. The summed E-state index contributed by atoms with van der Waals surface area (Å²) in [6.07, 6.45) is 2.26. The number of nitrogens with one attached hydrogen (secondary N) is 1. The third kappa shape index (κ3) is 2.28. The minimum atomic E-state index is -0.713. The van der Waals surface area contributed by atoms with E-state index in [9.17, 15) is 10.1 Å². The second kappa shape index (κ2) is 5.17. The lowest BCUT2D eigenvalue weighted by Crippen LogP contribution is -2.13. The van der Waals surface area contributed by atoms with Gasteiger partial charge in [-0.2, -0.15) is 0 Å². The van der Waals surface area contributed by atoms with E-state index in [4.69, 9.17) is 0 Å². The van der Waals surface area contributed by atoms with E-state index >= 15 is 0 Å². The fraction of sp³-hybridized carbons (Fsp3) is 0.125. The molecular weight excluding hydrogens is 252 g/mol. The first-order valence-corrected chi connectivity index (χ1v) is 6.49. The van der Waals surface area contributed by atoms with Gasteiger partial charge < -0.3 is 4.98 Å². The second-order valence-corrected chi connectivity index (χ2v) is 4.78. The van der Waals surface area contributed by atoms with Gasteiger partial charge in [0.25, 0.3) is 0 Å². The summed E-state index contributed by atoms with van der Waals surface area (Å²) in [5.41, 5.74) is 2.73. The summed E-state index contributed by atoms with van der Waals surface area (Å²) in [5.74, 6) is 0. The fourth-order valence-corrected chi connectivity index (χ4v) is 2.50. The van der Waals surface area contributed by atoms with Crippen molar-refractivity contribution in [3.8, 4) is 0 Å². The number of aromatic nitrogens is 1. The average molecular weight is 266 g/mol. The van der Waals surface area contributed by atoms with E-state index in [0.29, 0.717) is 6.42 Å². The van der Waals surface area contributed by atoms with Crippen LogP contribution < -0.4 is 0 Å². The molecule has 3 rings (SSSR count). The molecule has 0 aliphatic heterocycles. The van der Waals surface area contributed by atoms with Gasteiger partial charge in [-0.05, 0) is 11.6 Å². The van der Waals surface area contributed by atoms with Crippen molar-refractivity contribution in [2.75, 3.05) is 0 Å². The quantitative estimate of drug-likeness (QED) is 0.577. The molecule has 3 aromatic rings. The standard InChI is InChI=1S/C16H14N2O2/c19-18(20)16(12-6-2-1-3-7-12)10-13-11-17-15-9-5-4-8-14(13)15/h1-9,11,16-17H,10H2. The second-order valence-electron chi connectivity index (χ2n) is 4.78. The minimum Gasteiger partial charge on any atom is -0.361 e. The molecule has 0 saturated heterocycles. The summed E-state index contributed by atoms with van der Waals surface area (Å²) in [7, 11) is 0. The molecule has 1 unspecified atom stereocenters. The Kier molecular flexibility index (Phi) is 3.21. The van der Waals surface area contributed by atoms with Crippen molar-refractivity contribution in [3.63, 3.8) is 0 Å². The maximum Gasteiger partial charge on any atom is 0.242 e. The maximum absolute atomic E-state index is 11.4. The smallest absolute Gasteiger partial charge is 0.242 e. The SMILES string of the molecule is O=[N+]([O-])C(Cc1c[nH]c2ccccc12)c1ccccc1. The van der Waals surface area contributed by atoms with E-state index in [1.54, 1.807) is 0 Å². The van der Waals surface area contributed by atoms with Crippen molar-refractivity contribution < 1.29 is 4.92 Å². The van der Waals surface area contributed by atoms with E-state index in [1.165, 1.54) is 0 Å². The number of fused-ring (bicyclic) bond motifs is 1. The Morgan fingerprint density at radius 1 is 1.05 bits per heavy atom. The lowest BCUT2D eigenvalue weighted by atomic mass is 9.99. The molecule has 2 aromatic carbocycles. The van der Waals surface area contributed by atoms with Crippen LogP contribution in [0.1, 0.15) is 17.2 Å². The van der Waals surface area contributed by atoms with Crippen molar-refractivity contribution in [2.45, 2.75) is 12.5 Å². The Hall–Kier alpha value is -2.62. The van der Waals surface area contributed by atoms with Gasteiger partial charge in [-0.25, -0.2) is 0 Å². The molecule has 0 spiro atoms. The third-order valence-corrected chi connectivity index (χ3v) is 3.53. The molecule has 1 atom stereocenters. The number of hydrogen-bond acceptors (Lipinski definition) is 2. The average Bonchev–Trinajstić information content (AvgIpc) is 2.88. The van der Waals surface area contributed by atoms with Gasteiger partial charge in [-0.1, -0.05) is 48.5 Å². The van der Waals surface area contributed by atoms with Crippen LogP contribution in [0.3, 0.4) is 0 Å². The van der Waals surface area contributed by atoms with Crippen LogP contribution in [0.15, 0.2) is 60.8 Å². The highest BCUT2D eigenvalue weighted by Gasteiger charge is 2.24. The zero-order valence-corrected chi connectivity index (χ0v) is 10.8. The van der Waals surface area contributed by atoms with Crippen molar-refractivity contribution in [1.29, 1.82) is 0 Å². The van der Waals surface area contributed by atoms with E-state index in [1.807, 2.05) is 60.8 Å². The molecule has 0 aliphatic carbocycles. The van der Waals surface area contributed by atoms with Crippen molar-refractivity contribution in [3.05, 3.63) is 82.0 Å². The molecule has 4 nitrogen and oxygen atoms in total. The van der Waals surface area contributed by atoms with Crippen LogP contribution in [-0.4, -0.2) is 9.91 Å². The topological polar surface area (TPSA) is 58.9 Å². The molecule has 1 aromatic heterocycles. The largest absolute Gasteiger partial charge is 0.361 e. The van der Waals surface area contributed by atoms with Crippen molar-refractivity contribution in [2.24, 2.45) is 0 Å². The first-order valence-electron chi connectivity index (χ1n) is 6.49. The highest BCUT2D eigenvalue weighted by atomic mass is 16.6. The molecule has 0 radical (unpaired) electrons. The zero-order chi connectivity index (χ0) is 13.9. The Morgan fingerprint density at radius 2 is 1.75 bits per heavy atom. The summed E-state index contributed by atoms with van der Waals surface area (Å²) < 4.78 is 0. The van der Waals surface area contributed by atoms with Gasteiger partial charge in [0.05, 0.1) is 0 Å². The molecule has 1 heterocycles. The minimum absolute atomic E-state index is 0.211. The molecule has 20 heavy (non-hydrogen) atoms. The lowest BCUT2D eigenvalue weighted by molar-refractivity contribution is -0.528. The molecule has 0 aliphatic rings. The van der Waals surface area contributed by atoms with Gasteiger partial charge in [0, 0.05) is 34.0 Å². The number of aromatic amines is 1. The van der Waals surface area contributed by atoms with E-state index in [0.717, 1.165) is 22.0 Å². The first-order chi connectivity index (χ1) is 9.75. The number of benzene rings is 2. The highest BCUT2D eigenvalue weighted by molar-refractivity contribution is 5.83. The van der Waals surface area contributed by atoms with Crippen molar-refractivity contribution in [1.82, 2.24) is 4.98 Å². The molecule has 0 amide bonds. The maximum atomic E-state index is 11.4. The van der Waals surface area contributed by atoms with Gasteiger partial charge in [0.1, 0.15) is 0 Å². The van der Waals surface area contributed by atoms with Gasteiger partial charge >= 0.3 is 0 Å².